The molecule has 1 aliphatic rings. The van der Waals surface area contributed by atoms with Crippen molar-refractivity contribution in [2.24, 2.45) is 16.0 Å². The molecule has 14 heavy (non-hydrogen) atoms. The Bertz CT molecular complexity index is 397. The lowest BCUT2D eigenvalue weighted by atomic mass is 10.1. The van der Waals surface area contributed by atoms with E-state index in [1.165, 1.54) is 6.07 Å². The maximum Gasteiger partial charge on any atom is 0.416 e. The highest BCUT2D eigenvalue weighted by molar-refractivity contribution is 5.56. The van der Waals surface area contributed by atoms with Crippen molar-refractivity contribution in [1.82, 2.24) is 0 Å². The summed E-state index contributed by atoms with van der Waals surface area (Å²) in [7, 11) is 0. The molecule has 1 heterocycles. The van der Waals surface area contributed by atoms with Gasteiger partial charge in [0, 0.05) is 5.56 Å². The summed E-state index contributed by atoms with van der Waals surface area (Å²) in [5.41, 5.74) is 5.24. The minimum atomic E-state index is -4.36. The van der Waals surface area contributed by atoms with Gasteiger partial charge in [0.25, 0.3) is 0 Å². The van der Waals surface area contributed by atoms with E-state index >= 15 is 0 Å². The Balaban J connectivity index is 2.47. The molecule has 2 N–H and O–H groups in total. The fourth-order valence-corrected chi connectivity index (χ4v) is 1.17. The normalized spacial score (nSPS) is 16.0. The quantitative estimate of drug-likeness (QED) is 0.687. The summed E-state index contributed by atoms with van der Waals surface area (Å²) in [6.07, 6.45) is -4.21. The summed E-state index contributed by atoms with van der Waals surface area (Å²) in [6.45, 7) is 0. The predicted octanol–water partition coefficient (Wildman–Crippen LogP) is 2.60. The van der Waals surface area contributed by atoms with E-state index in [1.54, 1.807) is 0 Å². The molecule has 0 spiro atoms. The van der Waals surface area contributed by atoms with Crippen molar-refractivity contribution >= 4 is 5.69 Å². The zero-order valence-corrected chi connectivity index (χ0v) is 6.84. The van der Waals surface area contributed by atoms with Crippen LogP contribution in [0.3, 0.4) is 0 Å². The van der Waals surface area contributed by atoms with Gasteiger partial charge in [-0.25, -0.2) is 0 Å². The molecule has 0 unspecified atom stereocenters. The molecule has 0 saturated heterocycles. The first-order valence-corrected chi connectivity index (χ1v) is 3.74. The minimum Gasteiger partial charge on any atom is -0.298 e. The van der Waals surface area contributed by atoms with Crippen LogP contribution in [0.15, 0.2) is 28.4 Å². The Hall–Kier alpha value is -1.43. The standard InChI is InChI=1S/C8H5F3N3/c9-8(10,11)4-1-2-5-6(3-4)13-14-7(5)12/h1-3H,12H2. The van der Waals surface area contributed by atoms with Gasteiger partial charge in [-0.2, -0.15) is 23.4 Å². The van der Waals surface area contributed by atoms with Crippen LogP contribution in [0.5, 0.6) is 0 Å². The molecule has 3 nitrogen and oxygen atoms in total. The Morgan fingerprint density at radius 2 is 1.86 bits per heavy atom. The number of fused-ring (bicyclic) bond motifs is 1. The second-order valence-electron chi connectivity index (χ2n) is 2.81. The molecule has 0 saturated carbocycles. The third-order valence-corrected chi connectivity index (χ3v) is 1.87. The van der Waals surface area contributed by atoms with Crippen LogP contribution in [0.2, 0.25) is 0 Å². The molecule has 6 heteroatoms. The van der Waals surface area contributed by atoms with Gasteiger partial charge in [0.15, 0.2) is 0 Å². The van der Waals surface area contributed by atoms with Gasteiger partial charge >= 0.3 is 6.18 Å². The number of halogens is 3. The second-order valence-corrected chi connectivity index (χ2v) is 2.81. The topological polar surface area (TPSA) is 50.7 Å². The summed E-state index contributed by atoms with van der Waals surface area (Å²) in [4.78, 5) is 0. The van der Waals surface area contributed by atoms with E-state index in [-0.39, 0.29) is 11.9 Å². The maximum absolute atomic E-state index is 12.2. The van der Waals surface area contributed by atoms with Crippen LogP contribution in [0.25, 0.3) is 0 Å². The molecular weight excluding hydrogens is 195 g/mol. The van der Waals surface area contributed by atoms with Crippen molar-refractivity contribution in [2.75, 3.05) is 0 Å². The first-order valence-electron chi connectivity index (χ1n) is 3.74. The largest absolute Gasteiger partial charge is 0.416 e. The molecule has 1 aromatic rings. The Kier molecular flexibility index (Phi) is 1.81. The van der Waals surface area contributed by atoms with E-state index in [9.17, 15) is 13.2 Å². The van der Waals surface area contributed by atoms with E-state index in [0.717, 1.165) is 12.1 Å². The van der Waals surface area contributed by atoms with E-state index in [2.05, 4.69) is 10.2 Å². The van der Waals surface area contributed by atoms with Gasteiger partial charge < -0.3 is 0 Å². The molecule has 1 aromatic carbocycles. The number of alkyl halides is 3. The van der Waals surface area contributed by atoms with Gasteiger partial charge in [0.2, 0.25) is 6.17 Å². The van der Waals surface area contributed by atoms with Gasteiger partial charge in [-0.05, 0) is 12.1 Å². The van der Waals surface area contributed by atoms with Crippen LogP contribution in [-0.2, 0) is 6.18 Å². The minimum absolute atomic E-state index is 0.147. The summed E-state index contributed by atoms with van der Waals surface area (Å²) in [6, 6.07) is 3.16. The monoisotopic (exact) mass is 200 g/mol. The van der Waals surface area contributed by atoms with E-state index in [1.807, 2.05) is 0 Å². The Morgan fingerprint density at radius 3 is 2.50 bits per heavy atom. The van der Waals surface area contributed by atoms with Crippen molar-refractivity contribution < 1.29 is 13.2 Å². The lowest BCUT2D eigenvalue weighted by Crippen LogP contribution is -2.07. The van der Waals surface area contributed by atoms with Gasteiger partial charge in [-0.3, -0.25) is 5.73 Å². The Labute approximate surface area is 77.4 Å². The smallest absolute Gasteiger partial charge is 0.298 e. The number of nitrogens with zero attached hydrogens (tertiary/aromatic N) is 2. The summed E-state index contributed by atoms with van der Waals surface area (Å²) in [5.74, 6) is 0. The van der Waals surface area contributed by atoms with Crippen molar-refractivity contribution in [3.8, 4) is 0 Å². The molecule has 0 amide bonds. The van der Waals surface area contributed by atoms with Crippen LogP contribution >= 0.6 is 0 Å². The third-order valence-electron chi connectivity index (χ3n) is 1.87. The SMILES string of the molecule is N[C]1N=Nc2cc(C(F)(F)F)ccc21. The molecule has 73 valence electrons. The highest BCUT2D eigenvalue weighted by Crippen LogP contribution is 2.37. The summed E-state index contributed by atoms with van der Waals surface area (Å²) < 4.78 is 36.7. The van der Waals surface area contributed by atoms with Gasteiger partial charge in [0.05, 0.1) is 11.3 Å². The molecule has 0 aromatic heterocycles. The zero-order valence-electron chi connectivity index (χ0n) is 6.84. The average Bonchev–Trinajstić information content (AvgIpc) is 2.46. The van der Waals surface area contributed by atoms with Crippen molar-refractivity contribution in [2.45, 2.75) is 6.18 Å². The molecule has 0 fully saturated rings. The van der Waals surface area contributed by atoms with Crippen molar-refractivity contribution in [1.29, 1.82) is 0 Å². The van der Waals surface area contributed by atoms with Crippen molar-refractivity contribution in [3.63, 3.8) is 0 Å². The lowest BCUT2D eigenvalue weighted by Gasteiger charge is -2.07. The molecule has 1 aliphatic heterocycles. The van der Waals surface area contributed by atoms with Crippen LogP contribution < -0.4 is 5.73 Å². The first-order chi connectivity index (χ1) is 6.48. The predicted molar refractivity (Wildman–Crippen MR) is 42.5 cm³/mol. The van der Waals surface area contributed by atoms with E-state index in [0.29, 0.717) is 5.56 Å². The van der Waals surface area contributed by atoms with E-state index in [4.69, 9.17) is 5.73 Å². The third kappa shape index (κ3) is 1.37. The number of hydrogen-bond acceptors (Lipinski definition) is 3. The van der Waals surface area contributed by atoms with Crippen LogP contribution in [-0.4, -0.2) is 0 Å². The lowest BCUT2D eigenvalue weighted by molar-refractivity contribution is -0.137. The molecule has 0 aliphatic carbocycles. The molecule has 0 atom stereocenters. The maximum atomic E-state index is 12.2. The van der Waals surface area contributed by atoms with Crippen LogP contribution in [0.1, 0.15) is 11.1 Å². The highest BCUT2D eigenvalue weighted by Gasteiger charge is 2.32. The van der Waals surface area contributed by atoms with Crippen molar-refractivity contribution in [3.05, 3.63) is 35.5 Å². The molecule has 1 radical (unpaired) electrons. The number of benzene rings is 1. The zero-order chi connectivity index (χ0) is 10.3. The number of rotatable bonds is 0. The molecule has 2 rings (SSSR count). The fraction of sp³-hybridized carbons (Fsp3) is 0.125. The molecule has 0 bridgehead atoms. The van der Waals surface area contributed by atoms with Crippen LogP contribution in [0.4, 0.5) is 18.9 Å². The fourth-order valence-electron chi connectivity index (χ4n) is 1.17. The van der Waals surface area contributed by atoms with Gasteiger partial charge in [0.1, 0.15) is 0 Å². The van der Waals surface area contributed by atoms with Gasteiger partial charge in [-0.15, -0.1) is 0 Å². The number of azo groups is 1. The van der Waals surface area contributed by atoms with Gasteiger partial charge in [-0.1, -0.05) is 6.07 Å². The van der Waals surface area contributed by atoms with E-state index < -0.39 is 11.7 Å². The summed E-state index contributed by atoms with van der Waals surface area (Å²) in [5, 5.41) is 7.00. The second kappa shape index (κ2) is 2.78. The number of hydrogen-bond donors (Lipinski definition) is 1. The summed E-state index contributed by atoms with van der Waals surface area (Å²) >= 11 is 0. The Morgan fingerprint density at radius 1 is 1.14 bits per heavy atom. The number of nitrogens with two attached hydrogens (primary N) is 1. The highest BCUT2D eigenvalue weighted by atomic mass is 19.4. The average molecular weight is 200 g/mol. The van der Waals surface area contributed by atoms with Crippen LogP contribution in [0, 0.1) is 6.17 Å². The molecular formula is C8H5F3N3. The first kappa shape index (κ1) is 9.14.